The molecule has 370 valence electrons. The topological polar surface area (TPSA) is 113 Å². The molecular formula is C52H57ClF3N7O4S3. The summed E-state index contributed by atoms with van der Waals surface area (Å²) in [6.45, 7) is 12.8. The number of β-amino-alcohol motifs (C(OH)–C–C–N with tert-alkyl or cyclic N) is 1. The van der Waals surface area contributed by atoms with Gasteiger partial charge in [0.1, 0.15) is 4.90 Å². The van der Waals surface area contributed by atoms with Crippen LogP contribution in [0.3, 0.4) is 0 Å². The number of sulfone groups is 1. The van der Waals surface area contributed by atoms with Gasteiger partial charge in [0.05, 0.1) is 23.6 Å². The van der Waals surface area contributed by atoms with E-state index in [0.717, 1.165) is 88.5 Å². The molecule has 3 heterocycles. The van der Waals surface area contributed by atoms with Crippen molar-refractivity contribution in [2.45, 2.75) is 47.0 Å². The number of thioether (sulfide) groups is 1. The van der Waals surface area contributed by atoms with Crippen molar-refractivity contribution in [3.8, 4) is 22.4 Å². The van der Waals surface area contributed by atoms with Crippen LogP contribution in [0.15, 0.2) is 136 Å². The molecule has 2 saturated heterocycles. The number of aromatic nitrogens is 1. The number of alkyl halides is 3. The fraction of sp³-hybridized carbons (Fsp3) is 0.327. The number of hydrogen-bond donors (Lipinski definition) is 3. The van der Waals surface area contributed by atoms with Crippen LogP contribution in [0.2, 0.25) is 5.02 Å². The van der Waals surface area contributed by atoms with Crippen LogP contribution in [0.25, 0.3) is 22.4 Å². The number of rotatable bonds is 17. The second-order valence-electron chi connectivity index (χ2n) is 17.5. The molecule has 0 aliphatic carbocycles. The number of nitrogens with one attached hydrogen (secondary N) is 2. The Kier molecular flexibility index (Phi) is 16.4. The Labute approximate surface area is 422 Å². The van der Waals surface area contributed by atoms with Crippen LogP contribution in [0.4, 0.5) is 35.9 Å². The molecule has 1 aromatic heterocycles. The molecule has 18 heteroatoms. The van der Waals surface area contributed by atoms with Gasteiger partial charge in [-0.1, -0.05) is 54.1 Å². The minimum atomic E-state index is -5.63. The second kappa shape index (κ2) is 22.4. The molecule has 2 fully saturated rings. The zero-order valence-corrected chi connectivity index (χ0v) is 42.5. The number of carbonyl (C=O) groups is 1. The molecule has 3 N–H and O–H groups in total. The Bertz CT molecular complexity index is 2850. The minimum absolute atomic E-state index is 0.00179. The molecule has 0 bridgehead atoms. The fourth-order valence-electron chi connectivity index (χ4n) is 9.13. The van der Waals surface area contributed by atoms with Gasteiger partial charge in [0.15, 0.2) is 0 Å². The molecule has 0 radical (unpaired) electrons. The summed E-state index contributed by atoms with van der Waals surface area (Å²) in [7, 11) is -5.63. The van der Waals surface area contributed by atoms with Crippen molar-refractivity contribution in [2.24, 2.45) is 0 Å². The van der Waals surface area contributed by atoms with Crippen molar-refractivity contribution in [2.75, 3.05) is 97.6 Å². The molecule has 11 nitrogen and oxygen atoms in total. The summed E-state index contributed by atoms with van der Waals surface area (Å²) >= 11 is 8.93. The van der Waals surface area contributed by atoms with E-state index in [0.29, 0.717) is 59.6 Å². The lowest BCUT2D eigenvalue weighted by atomic mass is 9.95. The summed E-state index contributed by atoms with van der Waals surface area (Å²) in [5.74, 6) is 0.522. The predicted octanol–water partition coefficient (Wildman–Crippen LogP) is 11.1. The minimum Gasteiger partial charge on any atom is -0.395 e. The van der Waals surface area contributed by atoms with Crippen LogP contribution in [0.5, 0.6) is 0 Å². The molecule has 0 atom stereocenters. The molecule has 0 spiro atoms. The van der Waals surface area contributed by atoms with Crippen LogP contribution < -0.4 is 19.8 Å². The van der Waals surface area contributed by atoms with Gasteiger partial charge in [-0.15, -0.1) is 11.8 Å². The van der Waals surface area contributed by atoms with E-state index < -0.39 is 20.2 Å². The Morgan fingerprint density at radius 2 is 1.44 bits per heavy atom. The maximum Gasteiger partial charge on any atom is 0.501 e. The van der Waals surface area contributed by atoms with Crippen molar-refractivity contribution in [1.29, 1.82) is 0 Å². The number of piperazine rings is 2. The van der Waals surface area contributed by atoms with Gasteiger partial charge < -0.3 is 34.4 Å². The number of hydrogen-bond acceptors (Lipinski definition) is 11. The number of amides is 1. The van der Waals surface area contributed by atoms with Crippen molar-refractivity contribution in [3.05, 3.63) is 138 Å². The van der Waals surface area contributed by atoms with E-state index in [2.05, 4.69) is 67.4 Å². The highest BCUT2D eigenvalue weighted by Gasteiger charge is 2.48. The summed E-state index contributed by atoms with van der Waals surface area (Å²) in [5.41, 5.74) is 2.61. The summed E-state index contributed by atoms with van der Waals surface area (Å²) in [4.78, 5) is 24.0. The van der Waals surface area contributed by atoms with Crippen molar-refractivity contribution in [1.82, 2.24) is 14.4 Å². The highest BCUT2D eigenvalue weighted by Crippen LogP contribution is 2.43. The van der Waals surface area contributed by atoms with E-state index in [-0.39, 0.29) is 30.8 Å². The Morgan fingerprint density at radius 3 is 2.09 bits per heavy atom. The molecule has 2 aliphatic rings. The number of aliphatic hydroxyl groups is 1. The number of aliphatic hydroxyl groups excluding tert-OH is 1. The molecule has 0 saturated carbocycles. The van der Waals surface area contributed by atoms with Crippen LogP contribution in [-0.4, -0.2) is 117 Å². The predicted molar refractivity (Wildman–Crippen MR) is 281 cm³/mol. The monoisotopic (exact) mass is 1030 g/mol. The van der Waals surface area contributed by atoms with E-state index >= 15 is 0 Å². The second-order valence-corrected chi connectivity index (χ2v) is 21.9. The molecule has 5 aromatic carbocycles. The Balaban J connectivity index is 0.951. The molecule has 70 heavy (non-hydrogen) atoms. The summed E-state index contributed by atoms with van der Waals surface area (Å²) < 4.78 is 72.3. The standard InChI is InChI=1S/C52H57ClF3N7O4S3/c1-36(2)63-37(3)48(51(65)62-25-23-59(24-26-62)31-32-64)49(50(63)38-12-14-40(53)15-13-38)39-8-7-9-43(34-39)61-29-27-60(28-30-61)42-18-16-41(17-19-42)58-69-45-20-21-46(47(35-45)70(66,67)52(54,55)56)57-22-33-68-44-10-5-4-6-11-44/h4-21,34-36,57-58,64H,22-33H2,1-3H3. The first-order chi connectivity index (χ1) is 33.6. The Morgan fingerprint density at radius 1 is 0.771 bits per heavy atom. The van der Waals surface area contributed by atoms with Crippen molar-refractivity contribution in [3.63, 3.8) is 0 Å². The van der Waals surface area contributed by atoms with Gasteiger partial charge in [0.2, 0.25) is 0 Å². The number of nitrogens with zero attached hydrogens (tertiary/aromatic N) is 5. The van der Waals surface area contributed by atoms with E-state index in [9.17, 15) is 31.5 Å². The summed E-state index contributed by atoms with van der Waals surface area (Å²) in [6, 6.07) is 37.7. The van der Waals surface area contributed by atoms with Gasteiger partial charge in [0.25, 0.3) is 15.7 Å². The quantitative estimate of drug-likeness (QED) is 0.0461. The lowest BCUT2D eigenvalue weighted by Crippen LogP contribution is -2.49. The van der Waals surface area contributed by atoms with Gasteiger partial charge in [-0.3, -0.25) is 9.69 Å². The van der Waals surface area contributed by atoms with Crippen LogP contribution in [0.1, 0.15) is 35.9 Å². The zero-order valence-electron chi connectivity index (χ0n) is 39.3. The van der Waals surface area contributed by atoms with E-state index in [1.165, 1.54) is 17.8 Å². The van der Waals surface area contributed by atoms with Gasteiger partial charge >= 0.3 is 5.51 Å². The number of carbonyl (C=O) groups excluding carboxylic acids is 1. The average molecular weight is 1030 g/mol. The van der Waals surface area contributed by atoms with Crippen molar-refractivity contribution >= 4 is 73.8 Å². The Hall–Kier alpha value is -5.30. The molecule has 2 aliphatic heterocycles. The fourth-order valence-corrected chi connectivity index (χ4v) is 11.8. The van der Waals surface area contributed by atoms with Crippen LogP contribution >= 0.6 is 35.3 Å². The first-order valence-electron chi connectivity index (χ1n) is 23.3. The molecule has 0 unspecified atom stereocenters. The van der Waals surface area contributed by atoms with E-state index in [4.69, 9.17) is 11.6 Å². The van der Waals surface area contributed by atoms with E-state index in [1.54, 1.807) is 6.07 Å². The molecule has 6 aromatic rings. The highest BCUT2D eigenvalue weighted by molar-refractivity contribution is 8.00. The smallest absolute Gasteiger partial charge is 0.395 e. The first-order valence-corrected chi connectivity index (χ1v) is 26.9. The summed E-state index contributed by atoms with van der Waals surface area (Å²) in [6.07, 6.45) is 0. The van der Waals surface area contributed by atoms with Crippen molar-refractivity contribution < 1.29 is 31.5 Å². The average Bonchev–Trinajstić information content (AvgIpc) is 3.68. The highest BCUT2D eigenvalue weighted by atomic mass is 35.5. The van der Waals surface area contributed by atoms with Gasteiger partial charge in [0, 0.05) is 120 Å². The number of anilines is 4. The zero-order chi connectivity index (χ0) is 49.6. The first kappa shape index (κ1) is 51.1. The van der Waals surface area contributed by atoms with Crippen LogP contribution in [-0.2, 0) is 9.84 Å². The van der Waals surface area contributed by atoms with Gasteiger partial charge in [-0.2, -0.15) is 13.2 Å². The normalized spacial score (nSPS) is 14.9. The van der Waals surface area contributed by atoms with Gasteiger partial charge in [-0.25, -0.2) is 8.42 Å². The SMILES string of the molecule is Cc1c(C(=O)N2CCN(CCO)CC2)c(-c2cccc(N3CCN(c4ccc(NSc5ccc(NCCSc6ccccc6)c(S(=O)(=O)C(F)(F)F)c5)cc4)CC3)c2)c(-c2ccc(Cl)cc2)n1C(C)C. The molecule has 8 rings (SSSR count). The van der Waals surface area contributed by atoms with Crippen LogP contribution in [0, 0.1) is 6.92 Å². The summed E-state index contributed by atoms with van der Waals surface area (Å²) in [5, 5.41) is 13.1. The number of benzene rings is 5. The third kappa shape index (κ3) is 11.6. The van der Waals surface area contributed by atoms with Gasteiger partial charge in [-0.05, 0) is 123 Å². The lowest BCUT2D eigenvalue weighted by molar-refractivity contribution is -0.0435. The molecule has 1 amide bonds. The molecular weight excluding hydrogens is 975 g/mol. The maximum atomic E-state index is 14.7. The largest absolute Gasteiger partial charge is 0.501 e. The maximum absolute atomic E-state index is 14.7. The van der Waals surface area contributed by atoms with E-state index in [1.807, 2.05) is 90.7 Å². The lowest BCUT2D eigenvalue weighted by Gasteiger charge is -2.37. The third-order valence-electron chi connectivity index (χ3n) is 12.7. The third-order valence-corrected chi connectivity index (χ3v) is 16.3. The number of halogens is 4.